The van der Waals surface area contributed by atoms with Crippen LogP contribution in [0.3, 0.4) is 0 Å². The Morgan fingerprint density at radius 1 is 0.690 bits per heavy atom. The fraction of sp³-hybridized carbons (Fsp3) is 0.500. The number of ether oxygens (including phenoxy) is 6. The number of nitrogens with one attached hydrogen (secondary N) is 2. The first kappa shape index (κ1) is 31.8. The molecule has 2 N–H and O–H groups in total. The van der Waals surface area contributed by atoms with Gasteiger partial charge in [-0.25, -0.2) is 9.59 Å². The van der Waals surface area contributed by atoms with Gasteiger partial charge in [0.2, 0.25) is 0 Å². The highest BCUT2D eigenvalue weighted by Crippen LogP contribution is 2.15. The number of rotatable bonds is 16. The number of hydrogen-bond donors (Lipinski definition) is 2. The molecule has 0 aliphatic carbocycles. The zero-order chi connectivity index (χ0) is 29.2. The van der Waals surface area contributed by atoms with E-state index in [0.717, 1.165) is 61.8 Å². The Balaban J connectivity index is 1.28. The van der Waals surface area contributed by atoms with E-state index < -0.39 is 24.4 Å². The van der Waals surface area contributed by atoms with Crippen LogP contribution >= 0.6 is 0 Å². The predicted octanol–water partition coefficient (Wildman–Crippen LogP) is 3.95. The Morgan fingerprint density at radius 2 is 1.12 bits per heavy atom. The molecule has 10 nitrogen and oxygen atoms in total. The lowest BCUT2D eigenvalue weighted by Gasteiger charge is -2.26. The number of carbonyl (C=O) groups is 2. The molecular formula is C32H42N2O8. The molecule has 2 aromatic rings. The molecule has 10 heteroatoms. The van der Waals surface area contributed by atoms with Crippen LogP contribution < -0.4 is 10.6 Å². The summed E-state index contributed by atoms with van der Waals surface area (Å²) < 4.78 is 34.1. The molecule has 4 unspecified atom stereocenters. The molecule has 2 saturated heterocycles. The van der Waals surface area contributed by atoms with Gasteiger partial charge in [0.25, 0.3) is 0 Å². The van der Waals surface area contributed by atoms with Crippen LogP contribution in [0.25, 0.3) is 0 Å². The third kappa shape index (κ3) is 12.4. The van der Waals surface area contributed by atoms with Gasteiger partial charge in [-0.3, -0.25) is 10.6 Å². The second kappa shape index (κ2) is 18.4. The molecule has 2 aliphatic rings. The molecule has 0 amide bonds. The fourth-order valence-corrected chi connectivity index (χ4v) is 4.49. The minimum absolute atomic E-state index is 0.105. The molecule has 4 atom stereocenters. The zero-order valence-corrected chi connectivity index (χ0v) is 24.0. The van der Waals surface area contributed by atoms with Crippen LogP contribution in [0.2, 0.25) is 0 Å². The molecule has 0 bridgehead atoms. The summed E-state index contributed by atoms with van der Waals surface area (Å²) >= 11 is 0. The molecule has 2 aliphatic heterocycles. The van der Waals surface area contributed by atoms with E-state index in [1.54, 1.807) is 0 Å². The fourth-order valence-electron chi connectivity index (χ4n) is 4.49. The first-order valence-electron chi connectivity index (χ1n) is 14.7. The van der Waals surface area contributed by atoms with Crippen molar-refractivity contribution >= 4 is 11.9 Å². The van der Waals surface area contributed by atoms with Crippen molar-refractivity contribution in [2.45, 2.75) is 76.7 Å². The van der Waals surface area contributed by atoms with Crippen molar-refractivity contribution in [1.29, 1.82) is 0 Å². The molecule has 0 radical (unpaired) electrons. The second-order valence-corrected chi connectivity index (χ2v) is 10.2. The maximum absolute atomic E-state index is 12.6. The standard InChI is InChI=1S/C32H42N2O8/c35-29(41-27(23-39-31-15-7-9-19-37-31)33-21-25-11-3-1-4-12-25)17-18-30(36)42-28(24-40-32-16-8-10-20-38-32)34-22-26-13-5-2-6-14-26/h1-6,11-14,17-18,27-28,31-34H,7-10,15-16,19-24H2/b18-17-. The first-order valence-corrected chi connectivity index (χ1v) is 14.7. The Bertz CT molecular complexity index is 987. The topological polar surface area (TPSA) is 114 Å². The lowest BCUT2D eigenvalue weighted by Crippen LogP contribution is -2.39. The molecule has 0 saturated carbocycles. The van der Waals surface area contributed by atoms with Crippen LogP contribution in [0.1, 0.15) is 49.7 Å². The van der Waals surface area contributed by atoms with Gasteiger partial charge in [0.15, 0.2) is 25.0 Å². The van der Waals surface area contributed by atoms with E-state index in [1.165, 1.54) is 0 Å². The maximum Gasteiger partial charge on any atom is 0.332 e. The Hall–Kier alpha value is -3.12. The van der Waals surface area contributed by atoms with Crippen LogP contribution in [0.15, 0.2) is 72.8 Å². The normalized spacial score (nSPS) is 20.6. The van der Waals surface area contributed by atoms with Gasteiger partial charge in [-0.05, 0) is 49.7 Å². The molecule has 4 rings (SSSR count). The Morgan fingerprint density at radius 3 is 1.50 bits per heavy atom. The summed E-state index contributed by atoms with van der Waals surface area (Å²) in [5.41, 5.74) is 2.06. The van der Waals surface area contributed by atoms with Gasteiger partial charge >= 0.3 is 11.9 Å². The molecule has 2 heterocycles. The van der Waals surface area contributed by atoms with Gasteiger partial charge in [-0.15, -0.1) is 0 Å². The highest BCUT2D eigenvalue weighted by molar-refractivity contribution is 5.91. The summed E-state index contributed by atoms with van der Waals surface area (Å²) in [7, 11) is 0. The van der Waals surface area contributed by atoms with Gasteiger partial charge in [0, 0.05) is 38.5 Å². The minimum atomic E-state index is -0.743. The quantitative estimate of drug-likeness (QED) is 0.171. The largest absolute Gasteiger partial charge is 0.441 e. The number of esters is 2. The molecule has 2 fully saturated rings. The van der Waals surface area contributed by atoms with Gasteiger partial charge in [0.05, 0.1) is 0 Å². The third-order valence-corrected chi connectivity index (χ3v) is 6.77. The van der Waals surface area contributed by atoms with Crippen molar-refractivity contribution in [2.75, 3.05) is 26.4 Å². The summed E-state index contributed by atoms with van der Waals surface area (Å²) in [5, 5.41) is 6.39. The van der Waals surface area contributed by atoms with Gasteiger partial charge in [-0.1, -0.05) is 60.7 Å². The van der Waals surface area contributed by atoms with Gasteiger partial charge in [-0.2, -0.15) is 0 Å². The highest BCUT2D eigenvalue weighted by Gasteiger charge is 2.21. The zero-order valence-electron chi connectivity index (χ0n) is 24.0. The number of carbonyl (C=O) groups excluding carboxylic acids is 2. The summed E-state index contributed by atoms with van der Waals surface area (Å²) in [6.07, 6.45) is 5.61. The molecule has 2 aromatic carbocycles. The van der Waals surface area contributed by atoms with E-state index >= 15 is 0 Å². The molecular weight excluding hydrogens is 540 g/mol. The van der Waals surface area contributed by atoms with Crippen LogP contribution in [-0.2, 0) is 51.1 Å². The van der Waals surface area contributed by atoms with E-state index in [0.29, 0.717) is 26.3 Å². The average molecular weight is 583 g/mol. The SMILES string of the molecule is O=C(/C=C\C(=O)OC(COC1CCCCO1)NCc1ccccc1)OC(COC1CCCCO1)NCc1ccccc1. The molecule has 0 aromatic heterocycles. The summed E-state index contributed by atoms with van der Waals surface area (Å²) in [6.45, 7) is 2.45. The smallest absolute Gasteiger partial charge is 0.332 e. The summed E-state index contributed by atoms with van der Waals surface area (Å²) in [6, 6.07) is 19.5. The maximum atomic E-state index is 12.6. The van der Waals surface area contributed by atoms with Crippen LogP contribution in [-0.4, -0.2) is 63.4 Å². The van der Waals surface area contributed by atoms with Gasteiger partial charge < -0.3 is 28.4 Å². The number of hydrogen-bond acceptors (Lipinski definition) is 10. The summed E-state index contributed by atoms with van der Waals surface area (Å²) in [4.78, 5) is 25.3. The van der Waals surface area contributed by atoms with Crippen molar-refractivity contribution < 1.29 is 38.0 Å². The van der Waals surface area contributed by atoms with Crippen molar-refractivity contribution in [3.8, 4) is 0 Å². The van der Waals surface area contributed by atoms with Crippen molar-refractivity contribution in [3.63, 3.8) is 0 Å². The summed E-state index contributed by atoms with van der Waals surface area (Å²) in [5.74, 6) is -1.40. The van der Waals surface area contributed by atoms with Crippen LogP contribution in [0.5, 0.6) is 0 Å². The Labute approximate surface area is 247 Å². The average Bonchev–Trinajstić information content (AvgIpc) is 3.04. The Kier molecular flexibility index (Phi) is 14.0. The highest BCUT2D eigenvalue weighted by atomic mass is 16.7. The van der Waals surface area contributed by atoms with Crippen molar-refractivity contribution in [1.82, 2.24) is 10.6 Å². The third-order valence-electron chi connectivity index (χ3n) is 6.77. The van der Waals surface area contributed by atoms with E-state index in [4.69, 9.17) is 28.4 Å². The lowest BCUT2D eigenvalue weighted by molar-refractivity contribution is -0.186. The van der Waals surface area contributed by atoms with E-state index in [2.05, 4.69) is 10.6 Å². The molecule has 0 spiro atoms. The number of benzene rings is 2. The first-order chi connectivity index (χ1) is 20.6. The van der Waals surface area contributed by atoms with Crippen molar-refractivity contribution in [2.24, 2.45) is 0 Å². The monoisotopic (exact) mass is 582 g/mol. The predicted molar refractivity (Wildman–Crippen MR) is 155 cm³/mol. The van der Waals surface area contributed by atoms with Crippen molar-refractivity contribution in [3.05, 3.63) is 83.9 Å². The van der Waals surface area contributed by atoms with Crippen LogP contribution in [0.4, 0.5) is 0 Å². The van der Waals surface area contributed by atoms with E-state index in [1.807, 2.05) is 60.7 Å². The minimum Gasteiger partial charge on any atom is -0.441 e. The van der Waals surface area contributed by atoms with E-state index in [9.17, 15) is 9.59 Å². The van der Waals surface area contributed by atoms with Crippen LogP contribution in [0, 0.1) is 0 Å². The molecule has 228 valence electrons. The lowest BCUT2D eigenvalue weighted by atomic mass is 10.2. The van der Waals surface area contributed by atoms with Gasteiger partial charge in [0.1, 0.15) is 13.2 Å². The molecule has 42 heavy (non-hydrogen) atoms. The second-order valence-electron chi connectivity index (χ2n) is 10.2. The van der Waals surface area contributed by atoms with E-state index in [-0.39, 0.29) is 25.8 Å².